The van der Waals surface area contributed by atoms with E-state index >= 15 is 0 Å². The number of nitrogens with two attached hydrogens (primary N) is 2. The van der Waals surface area contributed by atoms with E-state index in [4.69, 9.17) is 11.5 Å². The van der Waals surface area contributed by atoms with Crippen LogP contribution in [0.3, 0.4) is 0 Å². The smallest absolute Gasteiger partial charge is 0.248 e. The van der Waals surface area contributed by atoms with Crippen LogP contribution in [-0.2, 0) is 6.54 Å². The van der Waals surface area contributed by atoms with Crippen LogP contribution in [0.5, 0.6) is 0 Å². The summed E-state index contributed by atoms with van der Waals surface area (Å²) in [6.07, 6.45) is -0.697. The van der Waals surface area contributed by atoms with Crippen LogP contribution in [-0.4, -0.2) is 20.6 Å². The van der Waals surface area contributed by atoms with Crippen molar-refractivity contribution in [2.75, 3.05) is 5.73 Å². The summed E-state index contributed by atoms with van der Waals surface area (Å²) in [4.78, 5) is 15.4. The van der Waals surface area contributed by atoms with E-state index in [9.17, 15) is 9.90 Å². The van der Waals surface area contributed by atoms with Crippen molar-refractivity contribution in [2.45, 2.75) is 12.6 Å². The molecule has 0 fully saturated rings. The molecule has 1 amide bonds. The molecule has 0 aliphatic rings. The van der Waals surface area contributed by atoms with Crippen molar-refractivity contribution >= 4 is 22.9 Å². The number of nitrogen functional groups attached to an aromatic ring is 1. The molecule has 6 heteroatoms. The van der Waals surface area contributed by atoms with Gasteiger partial charge >= 0.3 is 0 Å². The number of rotatable bonds is 4. The number of primary amides is 1. The zero-order valence-corrected chi connectivity index (χ0v) is 11.8. The number of hydrogen-bond acceptors (Lipinski definition) is 4. The predicted molar refractivity (Wildman–Crippen MR) is 84.1 cm³/mol. The number of hydrogen-bond donors (Lipinski definition) is 3. The minimum atomic E-state index is -0.697. The number of carbonyl (C=O) groups is 1. The first kappa shape index (κ1) is 14.1. The highest BCUT2D eigenvalue weighted by molar-refractivity contribution is 5.96. The molecule has 0 spiro atoms. The summed E-state index contributed by atoms with van der Waals surface area (Å²) in [7, 11) is 0. The molecule has 2 aromatic carbocycles. The molecule has 22 heavy (non-hydrogen) atoms. The first-order valence-corrected chi connectivity index (χ1v) is 6.85. The van der Waals surface area contributed by atoms with Gasteiger partial charge in [-0.25, -0.2) is 4.98 Å². The van der Waals surface area contributed by atoms with E-state index in [-0.39, 0.29) is 12.5 Å². The van der Waals surface area contributed by atoms with Gasteiger partial charge in [0.25, 0.3) is 0 Å². The molecular weight excluding hydrogens is 280 g/mol. The van der Waals surface area contributed by atoms with Gasteiger partial charge in [0.05, 0.1) is 23.7 Å². The zero-order valence-electron chi connectivity index (χ0n) is 11.8. The average Bonchev–Trinajstić information content (AvgIpc) is 2.83. The van der Waals surface area contributed by atoms with Crippen molar-refractivity contribution in [1.82, 2.24) is 9.55 Å². The van der Waals surface area contributed by atoms with Gasteiger partial charge in [-0.1, -0.05) is 30.3 Å². The lowest BCUT2D eigenvalue weighted by Gasteiger charge is -2.13. The Bertz CT molecular complexity index is 827. The maximum atomic E-state index is 11.2. The number of anilines is 1. The summed E-state index contributed by atoms with van der Waals surface area (Å²) in [5.41, 5.74) is 13.7. The van der Waals surface area contributed by atoms with E-state index in [0.29, 0.717) is 11.1 Å². The number of imidazole rings is 1. The van der Waals surface area contributed by atoms with Gasteiger partial charge in [-0.2, -0.15) is 0 Å². The fraction of sp³-hybridized carbons (Fsp3) is 0.125. The van der Waals surface area contributed by atoms with Gasteiger partial charge in [0, 0.05) is 5.56 Å². The Balaban J connectivity index is 1.97. The highest BCUT2D eigenvalue weighted by atomic mass is 16.3. The number of fused-ring (bicyclic) bond motifs is 1. The number of aromatic nitrogens is 2. The Morgan fingerprint density at radius 2 is 1.95 bits per heavy atom. The molecule has 0 saturated carbocycles. The van der Waals surface area contributed by atoms with Gasteiger partial charge in [0.15, 0.2) is 0 Å². The van der Waals surface area contributed by atoms with Crippen molar-refractivity contribution in [3.8, 4) is 0 Å². The molecule has 1 aromatic heterocycles. The minimum Gasteiger partial charge on any atom is -0.387 e. The van der Waals surface area contributed by atoms with Gasteiger partial charge in [0.1, 0.15) is 0 Å². The lowest BCUT2D eigenvalue weighted by molar-refractivity contribution is 0.100. The topological polar surface area (TPSA) is 107 Å². The third-order valence-electron chi connectivity index (χ3n) is 3.60. The van der Waals surface area contributed by atoms with Crippen LogP contribution in [0.2, 0.25) is 0 Å². The molecule has 1 atom stereocenters. The van der Waals surface area contributed by atoms with Crippen molar-refractivity contribution in [3.05, 3.63) is 59.7 Å². The predicted octanol–water partition coefficient (Wildman–Crippen LogP) is 1.45. The van der Waals surface area contributed by atoms with Crippen LogP contribution in [0, 0.1) is 0 Å². The summed E-state index contributed by atoms with van der Waals surface area (Å²) in [6.45, 7) is 0.280. The van der Waals surface area contributed by atoms with Crippen molar-refractivity contribution in [3.63, 3.8) is 0 Å². The third kappa shape index (κ3) is 2.51. The molecule has 0 aliphatic carbocycles. The van der Waals surface area contributed by atoms with Crippen molar-refractivity contribution < 1.29 is 9.90 Å². The number of aliphatic hydroxyl groups excluding tert-OH is 1. The summed E-state index contributed by atoms with van der Waals surface area (Å²) in [6, 6.07) is 14.3. The van der Waals surface area contributed by atoms with Gasteiger partial charge in [-0.3, -0.25) is 4.79 Å². The molecule has 3 aromatic rings. The van der Waals surface area contributed by atoms with Gasteiger partial charge in [-0.15, -0.1) is 0 Å². The van der Waals surface area contributed by atoms with E-state index in [1.807, 2.05) is 30.3 Å². The Morgan fingerprint density at radius 1 is 1.23 bits per heavy atom. The Kier molecular flexibility index (Phi) is 3.52. The van der Waals surface area contributed by atoms with Crippen molar-refractivity contribution in [1.29, 1.82) is 0 Å². The Hall–Kier alpha value is -2.86. The molecule has 0 aliphatic heterocycles. The second kappa shape index (κ2) is 5.50. The molecule has 0 radical (unpaired) electrons. The van der Waals surface area contributed by atoms with Crippen LogP contribution < -0.4 is 11.5 Å². The SMILES string of the molecule is NC(=O)c1ccc2c(c1)nc(N)n2C[C@@H](O)c1ccccc1. The van der Waals surface area contributed by atoms with Crippen LogP contribution in [0.25, 0.3) is 11.0 Å². The molecule has 0 saturated heterocycles. The van der Waals surface area contributed by atoms with Crippen LogP contribution in [0.15, 0.2) is 48.5 Å². The number of amides is 1. The fourth-order valence-electron chi connectivity index (χ4n) is 2.45. The first-order chi connectivity index (χ1) is 10.6. The molecule has 6 nitrogen and oxygen atoms in total. The highest BCUT2D eigenvalue weighted by Crippen LogP contribution is 2.23. The molecule has 1 heterocycles. The summed E-state index contributed by atoms with van der Waals surface area (Å²) >= 11 is 0. The van der Waals surface area contributed by atoms with E-state index < -0.39 is 12.0 Å². The first-order valence-electron chi connectivity index (χ1n) is 6.85. The van der Waals surface area contributed by atoms with Crippen LogP contribution >= 0.6 is 0 Å². The van der Waals surface area contributed by atoms with Gasteiger partial charge in [0.2, 0.25) is 11.9 Å². The normalized spacial score (nSPS) is 12.4. The van der Waals surface area contributed by atoms with E-state index in [2.05, 4.69) is 4.98 Å². The number of nitrogens with zero attached hydrogens (tertiary/aromatic N) is 2. The maximum Gasteiger partial charge on any atom is 0.248 e. The number of carbonyl (C=O) groups excluding carboxylic acids is 1. The van der Waals surface area contributed by atoms with E-state index in [1.165, 1.54) is 0 Å². The average molecular weight is 296 g/mol. The van der Waals surface area contributed by atoms with Crippen molar-refractivity contribution in [2.24, 2.45) is 5.73 Å². The largest absolute Gasteiger partial charge is 0.387 e. The molecule has 5 N–H and O–H groups in total. The standard InChI is InChI=1S/C16H16N4O2/c17-15(22)11-6-7-13-12(8-11)19-16(18)20(13)9-14(21)10-4-2-1-3-5-10/h1-8,14,21H,9H2,(H2,17,22)(H2,18,19)/t14-/m1/s1. The maximum absolute atomic E-state index is 11.2. The Morgan fingerprint density at radius 3 is 2.64 bits per heavy atom. The lowest BCUT2D eigenvalue weighted by atomic mass is 10.1. The second-order valence-corrected chi connectivity index (χ2v) is 5.07. The summed E-state index contributed by atoms with van der Waals surface area (Å²) < 4.78 is 1.72. The fourth-order valence-corrected chi connectivity index (χ4v) is 2.45. The summed E-state index contributed by atoms with van der Waals surface area (Å²) in [5.74, 6) is -0.231. The quantitative estimate of drug-likeness (QED) is 0.677. The van der Waals surface area contributed by atoms with Crippen LogP contribution in [0.1, 0.15) is 22.0 Å². The van der Waals surface area contributed by atoms with Gasteiger partial charge < -0.3 is 21.1 Å². The van der Waals surface area contributed by atoms with Crippen LogP contribution in [0.4, 0.5) is 5.95 Å². The molecule has 0 unspecified atom stereocenters. The second-order valence-electron chi connectivity index (χ2n) is 5.07. The zero-order chi connectivity index (χ0) is 15.7. The third-order valence-corrected chi connectivity index (χ3v) is 3.60. The monoisotopic (exact) mass is 296 g/mol. The Labute approximate surface area is 127 Å². The van der Waals surface area contributed by atoms with Gasteiger partial charge in [-0.05, 0) is 23.8 Å². The minimum absolute atomic E-state index is 0.280. The van der Waals surface area contributed by atoms with E-state index in [1.54, 1.807) is 22.8 Å². The molecule has 112 valence electrons. The number of benzene rings is 2. The molecule has 0 bridgehead atoms. The summed E-state index contributed by atoms with van der Waals surface area (Å²) in [5, 5.41) is 10.3. The molecular formula is C16H16N4O2. The number of aliphatic hydroxyl groups is 1. The molecule has 3 rings (SSSR count). The highest BCUT2D eigenvalue weighted by Gasteiger charge is 2.14. The van der Waals surface area contributed by atoms with E-state index in [0.717, 1.165) is 11.1 Å². The lowest BCUT2D eigenvalue weighted by Crippen LogP contribution is -2.12.